The first-order chi connectivity index (χ1) is 18.1. The number of ether oxygens (including phenoxy) is 1. The highest BCUT2D eigenvalue weighted by atomic mass is 35.5. The molecule has 4 rings (SSSR count). The van der Waals surface area contributed by atoms with Gasteiger partial charge in [0.2, 0.25) is 0 Å². The first-order valence-corrected chi connectivity index (χ1v) is 13.1. The van der Waals surface area contributed by atoms with Gasteiger partial charge in [-0.25, -0.2) is 9.36 Å². The lowest BCUT2D eigenvalue weighted by atomic mass is 9.93. The predicted octanol–water partition coefficient (Wildman–Crippen LogP) is 3.94. The van der Waals surface area contributed by atoms with Gasteiger partial charge in [-0.2, -0.15) is 0 Å². The number of azide groups is 1. The number of aromatic nitrogens is 2. The number of phosphoric ester groups is 1. The first kappa shape index (κ1) is 27.6. The summed E-state index contributed by atoms with van der Waals surface area (Å²) in [6, 6.07) is 16.2. The highest BCUT2D eigenvalue weighted by Gasteiger charge is 2.55. The fraction of sp³-hybridized carbons (Fsp3) is 0.304. The monoisotopic (exact) mass is 563 g/mol. The number of nitrogens with one attached hydrogen (secondary N) is 1. The molecule has 1 fully saturated rings. The van der Waals surface area contributed by atoms with Crippen molar-refractivity contribution in [1.29, 1.82) is 0 Å². The normalized spacial score (nSPS) is 24.3. The fourth-order valence-corrected chi connectivity index (χ4v) is 5.26. The summed E-state index contributed by atoms with van der Waals surface area (Å²) >= 11 is 6.16. The summed E-state index contributed by atoms with van der Waals surface area (Å²) in [7, 11) is -4.37. The number of H-pyrrole nitrogens is 1. The Labute approximate surface area is 220 Å². The summed E-state index contributed by atoms with van der Waals surface area (Å²) in [5.41, 5.74) is 6.60. The summed E-state index contributed by atoms with van der Waals surface area (Å²) in [6.07, 6.45) is -2.97. The van der Waals surface area contributed by atoms with Crippen LogP contribution >= 0.6 is 19.4 Å². The van der Waals surface area contributed by atoms with Gasteiger partial charge >= 0.3 is 13.5 Å². The molecule has 0 spiro atoms. The third-order valence-corrected chi connectivity index (χ3v) is 7.44. The highest BCUT2D eigenvalue weighted by molar-refractivity contribution is 7.48. The standard InChI is InChI=1S/C23H23ClN5O8P/c1-23(27-28-25)20(31)18(36-21(23)29-12-11-19(30)26-22(29)32)14-35-38(33,34-13-15-7-3-2-4-8-15)37-17-10-6-5-9-16(17)24/h2-12,18,20-21,31H,13-14H2,1H3,(H,26,30,32)/t18-,20-,21-,23-,38?/m1/s1. The van der Waals surface area contributed by atoms with Crippen molar-refractivity contribution in [3.8, 4) is 5.75 Å². The summed E-state index contributed by atoms with van der Waals surface area (Å²) in [6.45, 7) is 0.677. The zero-order chi connectivity index (χ0) is 27.3. The van der Waals surface area contributed by atoms with E-state index >= 15 is 0 Å². The lowest BCUT2D eigenvalue weighted by molar-refractivity contribution is -0.0489. The molecule has 0 aliphatic carbocycles. The van der Waals surface area contributed by atoms with Crippen molar-refractivity contribution in [3.63, 3.8) is 0 Å². The molecule has 2 N–H and O–H groups in total. The Balaban J connectivity index is 1.59. The number of aliphatic hydroxyl groups excluding tert-OH is 1. The van der Waals surface area contributed by atoms with E-state index in [-0.39, 0.29) is 17.4 Å². The van der Waals surface area contributed by atoms with Crippen LogP contribution in [0.4, 0.5) is 0 Å². The molecule has 0 saturated carbocycles. The molecule has 1 unspecified atom stereocenters. The van der Waals surface area contributed by atoms with Crippen molar-refractivity contribution < 1.29 is 28.0 Å². The van der Waals surface area contributed by atoms with Gasteiger partial charge in [0.05, 0.1) is 24.3 Å². The van der Waals surface area contributed by atoms with E-state index < -0.39 is 49.7 Å². The van der Waals surface area contributed by atoms with Gasteiger partial charge in [-0.05, 0) is 30.2 Å². The molecule has 38 heavy (non-hydrogen) atoms. The van der Waals surface area contributed by atoms with Gasteiger partial charge in [-0.3, -0.25) is 23.4 Å². The van der Waals surface area contributed by atoms with Crippen LogP contribution in [0.3, 0.4) is 0 Å². The summed E-state index contributed by atoms with van der Waals surface area (Å²) < 4.78 is 37.1. The first-order valence-electron chi connectivity index (χ1n) is 11.2. The Morgan fingerprint density at radius 1 is 1.18 bits per heavy atom. The Hall–Kier alpha value is -3.41. The van der Waals surface area contributed by atoms with E-state index in [2.05, 4.69) is 15.0 Å². The number of aromatic amines is 1. The predicted molar refractivity (Wildman–Crippen MR) is 136 cm³/mol. The third kappa shape index (κ3) is 6.01. The minimum absolute atomic E-state index is 0.0371. The number of hydrogen-bond acceptors (Lipinski definition) is 9. The van der Waals surface area contributed by atoms with Crippen LogP contribution in [0.25, 0.3) is 10.4 Å². The second kappa shape index (κ2) is 11.5. The molecule has 1 aromatic heterocycles. The van der Waals surface area contributed by atoms with Crippen LogP contribution in [0.2, 0.25) is 5.02 Å². The lowest BCUT2D eigenvalue weighted by Crippen LogP contribution is -2.45. The van der Waals surface area contributed by atoms with Gasteiger partial charge < -0.3 is 14.4 Å². The molecular formula is C23H23ClN5O8P. The van der Waals surface area contributed by atoms with Crippen LogP contribution < -0.4 is 15.8 Å². The van der Waals surface area contributed by atoms with Gasteiger partial charge in [-0.1, -0.05) is 59.2 Å². The second-order valence-corrected chi connectivity index (χ2v) is 10.4. The number of rotatable bonds is 10. The number of nitrogens with zero attached hydrogens (tertiary/aromatic N) is 4. The molecule has 5 atom stereocenters. The van der Waals surface area contributed by atoms with Crippen molar-refractivity contribution in [2.75, 3.05) is 6.61 Å². The molecule has 2 heterocycles. The molecule has 2 aromatic carbocycles. The lowest BCUT2D eigenvalue weighted by Gasteiger charge is -2.28. The molecule has 13 nitrogen and oxygen atoms in total. The summed E-state index contributed by atoms with van der Waals surface area (Å²) in [5, 5.41) is 14.8. The molecule has 15 heteroatoms. The Morgan fingerprint density at radius 2 is 1.89 bits per heavy atom. The number of hydrogen-bond donors (Lipinski definition) is 2. The Kier molecular flexibility index (Phi) is 8.39. The molecule has 200 valence electrons. The fourth-order valence-electron chi connectivity index (χ4n) is 3.82. The molecule has 0 bridgehead atoms. The maximum Gasteiger partial charge on any atom is 0.530 e. The average molecular weight is 564 g/mol. The molecule has 0 amide bonds. The zero-order valence-corrected chi connectivity index (χ0v) is 21.6. The quantitative estimate of drug-likeness (QED) is 0.161. The molecule has 0 radical (unpaired) electrons. The zero-order valence-electron chi connectivity index (χ0n) is 19.9. The number of benzene rings is 2. The van der Waals surface area contributed by atoms with E-state index in [0.29, 0.717) is 5.56 Å². The van der Waals surface area contributed by atoms with Gasteiger partial charge in [-0.15, -0.1) is 0 Å². The van der Waals surface area contributed by atoms with E-state index in [1.165, 1.54) is 19.1 Å². The van der Waals surface area contributed by atoms with E-state index in [9.17, 15) is 19.3 Å². The highest BCUT2D eigenvalue weighted by Crippen LogP contribution is 2.52. The van der Waals surface area contributed by atoms with Crippen LogP contribution in [0.15, 0.2) is 81.6 Å². The summed E-state index contributed by atoms with van der Waals surface area (Å²) in [4.78, 5) is 28.7. The molecule has 1 aliphatic heterocycles. The van der Waals surface area contributed by atoms with E-state index in [1.54, 1.807) is 36.4 Å². The Bertz CT molecular complexity index is 1490. The molecule has 1 aliphatic rings. The van der Waals surface area contributed by atoms with Gasteiger partial charge in [0, 0.05) is 17.2 Å². The maximum atomic E-state index is 13.7. The van der Waals surface area contributed by atoms with Crippen LogP contribution in [0, 0.1) is 0 Å². The van der Waals surface area contributed by atoms with Crippen LogP contribution in [-0.2, 0) is 25.0 Å². The smallest absolute Gasteiger partial charge is 0.402 e. The third-order valence-electron chi connectivity index (χ3n) is 5.79. The minimum atomic E-state index is -4.37. The van der Waals surface area contributed by atoms with Gasteiger partial charge in [0.25, 0.3) is 5.56 Å². The van der Waals surface area contributed by atoms with E-state index in [0.717, 1.165) is 16.8 Å². The summed E-state index contributed by atoms with van der Waals surface area (Å²) in [5.74, 6) is 0.0371. The molecular weight excluding hydrogens is 541 g/mol. The van der Waals surface area contributed by atoms with Gasteiger partial charge in [0.15, 0.2) is 6.23 Å². The molecule has 3 aromatic rings. The number of halogens is 1. The number of phosphoric acid groups is 1. The number of para-hydroxylation sites is 1. The van der Waals surface area contributed by atoms with Crippen molar-refractivity contribution in [2.24, 2.45) is 5.11 Å². The largest absolute Gasteiger partial charge is 0.530 e. The van der Waals surface area contributed by atoms with Crippen LogP contribution in [0.5, 0.6) is 5.75 Å². The van der Waals surface area contributed by atoms with Crippen LogP contribution in [-0.4, -0.2) is 39.0 Å². The van der Waals surface area contributed by atoms with E-state index in [1.807, 2.05) is 6.07 Å². The topological polar surface area (TPSA) is 178 Å². The maximum absolute atomic E-state index is 13.7. The van der Waals surface area contributed by atoms with E-state index in [4.69, 9.17) is 35.4 Å². The van der Waals surface area contributed by atoms with Crippen molar-refractivity contribution in [1.82, 2.24) is 9.55 Å². The van der Waals surface area contributed by atoms with Crippen molar-refractivity contribution in [3.05, 3.63) is 109 Å². The van der Waals surface area contributed by atoms with Gasteiger partial charge in [0.1, 0.15) is 17.4 Å². The minimum Gasteiger partial charge on any atom is -0.402 e. The second-order valence-electron chi connectivity index (χ2n) is 8.43. The molecule has 1 saturated heterocycles. The number of aliphatic hydroxyl groups is 1. The average Bonchev–Trinajstić information content (AvgIpc) is 3.14. The SMILES string of the molecule is C[C@@]1(N=[N+]=[N-])[C@H](O)[C@@H](COP(=O)(OCc2ccccc2)Oc2ccccc2Cl)O[C@H]1n1ccc(=O)[nH]c1=O. The van der Waals surface area contributed by atoms with Crippen LogP contribution in [0.1, 0.15) is 18.7 Å². The van der Waals surface area contributed by atoms with Crippen molar-refractivity contribution >= 4 is 19.4 Å². The Morgan fingerprint density at radius 3 is 2.58 bits per heavy atom. The van der Waals surface area contributed by atoms with Crippen molar-refractivity contribution in [2.45, 2.75) is 37.5 Å².